The standard InChI is InChI=1S/C19H35N7O.HI/c1-4-20-19(21-13-18-24-23-14(2)25(18)3)22-15-9-11-26(12-10-15)16-7-5-6-8-17(16)27;/h15-17,27H,4-13H2,1-3H3,(H2,20,21,22);1H. The van der Waals surface area contributed by atoms with Crippen LogP contribution in [-0.4, -0.2) is 68.6 Å². The smallest absolute Gasteiger partial charge is 0.191 e. The normalized spacial score (nSPS) is 24.6. The summed E-state index contributed by atoms with van der Waals surface area (Å²) >= 11 is 0. The lowest BCUT2D eigenvalue weighted by atomic mass is 9.89. The largest absolute Gasteiger partial charge is 0.391 e. The van der Waals surface area contributed by atoms with E-state index in [1.165, 1.54) is 12.8 Å². The molecule has 28 heavy (non-hydrogen) atoms. The van der Waals surface area contributed by atoms with Crippen LogP contribution in [0, 0.1) is 6.92 Å². The quantitative estimate of drug-likeness (QED) is 0.320. The average molecular weight is 505 g/mol. The molecule has 2 fully saturated rings. The maximum absolute atomic E-state index is 10.3. The molecule has 0 bridgehead atoms. The van der Waals surface area contributed by atoms with Crippen molar-refractivity contribution in [3.05, 3.63) is 11.6 Å². The first-order valence-corrected chi connectivity index (χ1v) is 10.4. The van der Waals surface area contributed by atoms with Crippen LogP contribution in [-0.2, 0) is 13.6 Å². The zero-order valence-corrected chi connectivity index (χ0v) is 19.7. The fourth-order valence-electron chi connectivity index (χ4n) is 4.14. The monoisotopic (exact) mass is 505 g/mol. The maximum atomic E-state index is 10.3. The SMILES string of the molecule is CCNC(=NCc1nnc(C)n1C)NC1CCN(C2CCCCC2O)CC1.I. The molecular formula is C19H36IN7O. The van der Waals surface area contributed by atoms with Crippen molar-refractivity contribution in [2.24, 2.45) is 12.0 Å². The van der Waals surface area contributed by atoms with Crippen LogP contribution in [0.3, 0.4) is 0 Å². The Bertz CT molecular complexity index is 628. The molecule has 0 radical (unpaired) electrons. The summed E-state index contributed by atoms with van der Waals surface area (Å²) in [7, 11) is 1.97. The van der Waals surface area contributed by atoms with Gasteiger partial charge in [0, 0.05) is 38.8 Å². The third-order valence-electron chi connectivity index (χ3n) is 5.94. The molecule has 3 N–H and O–H groups in total. The summed E-state index contributed by atoms with van der Waals surface area (Å²) in [6.45, 7) is 7.45. The van der Waals surface area contributed by atoms with Gasteiger partial charge in [-0.1, -0.05) is 12.8 Å². The van der Waals surface area contributed by atoms with Crippen LogP contribution in [0.5, 0.6) is 0 Å². The average Bonchev–Trinajstić information content (AvgIpc) is 2.99. The molecule has 0 aromatic carbocycles. The second-order valence-electron chi connectivity index (χ2n) is 7.79. The van der Waals surface area contributed by atoms with E-state index in [1.807, 2.05) is 18.5 Å². The van der Waals surface area contributed by atoms with E-state index in [-0.39, 0.29) is 30.1 Å². The number of aromatic nitrogens is 3. The van der Waals surface area contributed by atoms with Gasteiger partial charge in [0.25, 0.3) is 0 Å². The van der Waals surface area contributed by atoms with E-state index in [0.717, 1.165) is 62.9 Å². The predicted molar refractivity (Wildman–Crippen MR) is 122 cm³/mol. The van der Waals surface area contributed by atoms with Gasteiger partial charge in [0.05, 0.1) is 6.10 Å². The first kappa shape index (κ1) is 23.3. The number of aryl methyl sites for hydroxylation is 1. The Hall–Kier alpha value is -0.940. The first-order chi connectivity index (χ1) is 13.1. The molecule has 2 aliphatic rings. The van der Waals surface area contributed by atoms with Crippen molar-refractivity contribution in [1.82, 2.24) is 30.3 Å². The molecule has 160 valence electrons. The van der Waals surface area contributed by atoms with Crippen molar-refractivity contribution in [2.75, 3.05) is 19.6 Å². The van der Waals surface area contributed by atoms with Gasteiger partial charge >= 0.3 is 0 Å². The lowest BCUT2D eigenvalue weighted by Crippen LogP contribution is -2.53. The minimum absolute atomic E-state index is 0. The van der Waals surface area contributed by atoms with Crippen molar-refractivity contribution < 1.29 is 5.11 Å². The minimum Gasteiger partial charge on any atom is -0.391 e. The fraction of sp³-hybridized carbons (Fsp3) is 0.842. The number of aliphatic hydroxyl groups excluding tert-OH is 1. The summed E-state index contributed by atoms with van der Waals surface area (Å²) in [6, 6.07) is 0.779. The molecule has 3 rings (SSSR count). The van der Waals surface area contributed by atoms with E-state index in [9.17, 15) is 5.11 Å². The minimum atomic E-state index is -0.142. The van der Waals surface area contributed by atoms with Crippen LogP contribution in [0.25, 0.3) is 0 Å². The van der Waals surface area contributed by atoms with Crippen LogP contribution in [0.15, 0.2) is 4.99 Å². The summed E-state index contributed by atoms with van der Waals surface area (Å²) in [4.78, 5) is 7.18. The number of piperidine rings is 1. The Morgan fingerprint density at radius 1 is 1.18 bits per heavy atom. The van der Waals surface area contributed by atoms with Gasteiger partial charge in [0.15, 0.2) is 11.8 Å². The van der Waals surface area contributed by atoms with E-state index in [0.29, 0.717) is 18.6 Å². The van der Waals surface area contributed by atoms with Crippen LogP contribution in [0.1, 0.15) is 57.1 Å². The van der Waals surface area contributed by atoms with E-state index >= 15 is 0 Å². The van der Waals surface area contributed by atoms with E-state index < -0.39 is 0 Å². The van der Waals surface area contributed by atoms with E-state index in [4.69, 9.17) is 4.99 Å². The van der Waals surface area contributed by atoms with Crippen LogP contribution in [0.2, 0.25) is 0 Å². The van der Waals surface area contributed by atoms with E-state index in [1.54, 1.807) is 0 Å². The Morgan fingerprint density at radius 2 is 1.89 bits per heavy atom. The van der Waals surface area contributed by atoms with Gasteiger partial charge in [-0.25, -0.2) is 4.99 Å². The highest BCUT2D eigenvalue weighted by atomic mass is 127. The lowest BCUT2D eigenvalue weighted by Gasteiger charge is -2.41. The summed E-state index contributed by atoms with van der Waals surface area (Å²) < 4.78 is 1.97. The molecule has 1 aromatic heterocycles. The Kier molecular flexibility index (Phi) is 9.42. The molecule has 1 saturated carbocycles. The second-order valence-corrected chi connectivity index (χ2v) is 7.79. The summed E-state index contributed by atoms with van der Waals surface area (Å²) in [5.74, 6) is 2.61. The van der Waals surface area contributed by atoms with Gasteiger partial charge in [0.2, 0.25) is 0 Å². The number of hydrogen-bond donors (Lipinski definition) is 3. The number of likely N-dealkylation sites (tertiary alicyclic amines) is 1. The highest BCUT2D eigenvalue weighted by Gasteiger charge is 2.31. The first-order valence-electron chi connectivity index (χ1n) is 10.4. The highest BCUT2D eigenvalue weighted by molar-refractivity contribution is 14.0. The molecule has 8 nitrogen and oxygen atoms in total. The number of aliphatic imine (C=N–C) groups is 1. The number of hydrogen-bond acceptors (Lipinski definition) is 5. The van der Waals surface area contributed by atoms with Gasteiger partial charge in [-0.2, -0.15) is 0 Å². The second kappa shape index (κ2) is 11.3. The van der Waals surface area contributed by atoms with Crippen LogP contribution in [0.4, 0.5) is 0 Å². The van der Waals surface area contributed by atoms with E-state index in [2.05, 4.69) is 32.7 Å². The van der Waals surface area contributed by atoms with Crippen molar-refractivity contribution in [1.29, 1.82) is 0 Å². The van der Waals surface area contributed by atoms with Gasteiger partial charge in [-0.05, 0) is 39.5 Å². The number of nitrogens with zero attached hydrogens (tertiary/aromatic N) is 5. The molecule has 2 heterocycles. The third kappa shape index (κ3) is 6.03. The number of guanidine groups is 1. The molecule has 2 unspecified atom stereocenters. The molecule has 0 spiro atoms. The number of aliphatic hydroxyl groups is 1. The summed E-state index contributed by atoms with van der Waals surface area (Å²) in [5.41, 5.74) is 0. The molecule has 0 amide bonds. The Balaban J connectivity index is 0.00000280. The fourth-order valence-corrected chi connectivity index (χ4v) is 4.14. The number of nitrogens with one attached hydrogen (secondary N) is 2. The Labute approximate surface area is 185 Å². The van der Waals surface area contributed by atoms with Gasteiger partial charge in [-0.3, -0.25) is 4.90 Å². The van der Waals surface area contributed by atoms with Gasteiger partial charge < -0.3 is 20.3 Å². The predicted octanol–water partition coefficient (Wildman–Crippen LogP) is 1.56. The molecule has 1 aromatic rings. The maximum Gasteiger partial charge on any atom is 0.191 e. The van der Waals surface area contributed by atoms with Crippen molar-refractivity contribution in [3.63, 3.8) is 0 Å². The zero-order chi connectivity index (χ0) is 19.2. The number of halogens is 1. The van der Waals surface area contributed by atoms with Crippen molar-refractivity contribution in [3.8, 4) is 0 Å². The molecule has 1 aliphatic carbocycles. The summed E-state index contributed by atoms with van der Waals surface area (Å²) in [5, 5.41) is 25.5. The third-order valence-corrected chi connectivity index (χ3v) is 5.94. The summed E-state index contributed by atoms with van der Waals surface area (Å²) in [6.07, 6.45) is 6.54. The molecule has 2 atom stereocenters. The van der Waals surface area contributed by atoms with Gasteiger partial charge in [0.1, 0.15) is 12.4 Å². The van der Waals surface area contributed by atoms with Gasteiger partial charge in [-0.15, -0.1) is 34.2 Å². The molecule has 9 heteroatoms. The van der Waals surface area contributed by atoms with Crippen molar-refractivity contribution in [2.45, 2.75) is 77.1 Å². The topological polar surface area (TPSA) is 90.6 Å². The number of rotatable bonds is 5. The zero-order valence-electron chi connectivity index (χ0n) is 17.4. The molecule has 1 saturated heterocycles. The lowest BCUT2D eigenvalue weighted by molar-refractivity contribution is 0.00810. The van der Waals surface area contributed by atoms with Crippen LogP contribution >= 0.6 is 24.0 Å². The Morgan fingerprint density at radius 3 is 2.50 bits per heavy atom. The highest BCUT2D eigenvalue weighted by Crippen LogP contribution is 2.25. The molecule has 1 aliphatic heterocycles. The van der Waals surface area contributed by atoms with Crippen LogP contribution < -0.4 is 10.6 Å². The molecular weight excluding hydrogens is 469 g/mol. The van der Waals surface area contributed by atoms with Crippen molar-refractivity contribution >= 4 is 29.9 Å².